The molecule has 0 fully saturated rings. The summed E-state index contributed by atoms with van der Waals surface area (Å²) in [6.07, 6.45) is 1.68. The monoisotopic (exact) mass is 370 g/mol. The second-order valence-corrected chi connectivity index (χ2v) is 6.43. The van der Waals surface area contributed by atoms with Gasteiger partial charge in [0.05, 0.1) is 27.0 Å². The second kappa shape index (κ2) is 7.88. The van der Waals surface area contributed by atoms with Gasteiger partial charge in [-0.3, -0.25) is 4.79 Å². The molecule has 6 nitrogen and oxygen atoms in total. The molecule has 1 aliphatic carbocycles. The highest BCUT2D eigenvalue weighted by molar-refractivity contribution is 5.82. The zero-order chi connectivity index (χ0) is 19.6. The molecule has 1 unspecified atom stereocenters. The molecule has 0 amide bonds. The molecule has 2 aromatic rings. The van der Waals surface area contributed by atoms with E-state index in [2.05, 4.69) is 10.6 Å². The zero-order valence-electron chi connectivity index (χ0n) is 16.4. The van der Waals surface area contributed by atoms with Crippen molar-refractivity contribution < 1.29 is 14.2 Å². The van der Waals surface area contributed by atoms with Gasteiger partial charge in [0.15, 0.2) is 11.5 Å². The Morgan fingerprint density at radius 1 is 1.00 bits per heavy atom. The maximum absolute atomic E-state index is 12.6. The number of ether oxygens (including phenoxy) is 3. The van der Waals surface area contributed by atoms with Crippen LogP contribution in [0.5, 0.6) is 17.2 Å². The normalized spacial score (nSPS) is 15.2. The Morgan fingerprint density at radius 3 is 2.33 bits per heavy atom. The zero-order valence-corrected chi connectivity index (χ0v) is 16.4. The predicted molar refractivity (Wildman–Crippen MR) is 107 cm³/mol. The van der Waals surface area contributed by atoms with Gasteiger partial charge in [0, 0.05) is 18.7 Å². The first-order valence-corrected chi connectivity index (χ1v) is 8.95. The summed E-state index contributed by atoms with van der Waals surface area (Å²) < 4.78 is 16.9. The molecule has 0 radical (unpaired) electrons. The van der Waals surface area contributed by atoms with Crippen molar-refractivity contribution in [2.75, 3.05) is 40.7 Å². The van der Waals surface area contributed by atoms with Crippen LogP contribution >= 0.6 is 0 Å². The molecule has 0 aromatic heterocycles. The summed E-state index contributed by atoms with van der Waals surface area (Å²) >= 11 is 0. The minimum absolute atomic E-state index is 0.0399. The first kappa shape index (κ1) is 19.0. The molecule has 0 saturated heterocycles. The van der Waals surface area contributed by atoms with Gasteiger partial charge in [0.25, 0.3) is 0 Å². The van der Waals surface area contributed by atoms with Gasteiger partial charge in [-0.15, -0.1) is 0 Å². The molecule has 0 saturated carbocycles. The first-order valence-electron chi connectivity index (χ1n) is 8.95. The molecular formula is C21H26N2O4. The smallest absolute Gasteiger partial charge is 0.203 e. The third kappa shape index (κ3) is 3.21. The summed E-state index contributed by atoms with van der Waals surface area (Å²) in [5.41, 5.74) is 4.47. The van der Waals surface area contributed by atoms with Gasteiger partial charge >= 0.3 is 0 Å². The lowest BCUT2D eigenvalue weighted by Crippen LogP contribution is -2.17. The Balaban J connectivity index is 2.43. The van der Waals surface area contributed by atoms with Crippen LogP contribution in [0.2, 0.25) is 0 Å². The molecule has 2 aromatic carbocycles. The van der Waals surface area contributed by atoms with Gasteiger partial charge in [-0.05, 0) is 54.8 Å². The molecular weight excluding hydrogens is 344 g/mol. The Hall–Kier alpha value is -2.73. The van der Waals surface area contributed by atoms with E-state index in [9.17, 15) is 4.79 Å². The predicted octanol–water partition coefficient (Wildman–Crippen LogP) is 2.99. The van der Waals surface area contributed by atoms with Crippen LogP contribution in [0.1, 0.15) is 23.6 Å². The lowest BCUT2D eigenvalue weighted by atomic mass is 9.95. The lowest BCUT2D eigenvalue weighted by molar-refractivity contribution is 0.324. The Labute approximate surface area is 159 Å². The van der Waals surface area contributed by atoms with Crippen LogP contribution in [0.4, 0.5) is 5.69 Å². The Bertz CT molecular complexity index is 912. The van der Waals surface area contributed by atoms with E-state index in [4.69, 9.17) is 14.2 Å². The number of hydrogen-bond donors (Lipinski definition) is 2. The van der Waals surface area contributed by atoms with Gasteiger partial charge in [-0.25, -0.2) is 0 Å². The fourth-order valence-corrected chi connectivity index (χ4v) is 3.82. The molecule has 1 aliphatic rings. The summed E-state index contributed by atoms with van der Waals surface area (Å²) in [6.45, 7) is 0. The Morgan fingerprint density at radius 2 is 1.74 bits per heavy atom. The van der Waals surface area contributed by atoms with E-state index >= 15 is 0 Å². The van der Waals surface area contributed by atoms with Crippen LogP contribution in [0.25, 0.3) is 11.1 Å². The van der Waals surface area contributed by atoms with Crippen LogP contribution in [0.15, 0.2) is 29.1 Å². The second-order valence-electron chi connectivity index (χ2n) is 6.43. The van der Waals surface area contributed by atoms with Crippen molar-refractivity contribution in [3.05, 3.63) is 45.6 Å². The Kier molecular flexibility index (Phi) is 5.56. The quantitative estimate of drug-likeness (QED) is 0.843. The number of aryl methyl sites for hydroxylation is 1. The van der Waals surface area contributed by atoms with Crippen molar-refractivity contribution in [1.29, 1.82) is 0 Å². The number of hydrogen-bond acceptors (Lipinski definition) is 6. The molecule has 144 valence electrons. The van der Waals surface area contributed by atoms with Gasteiger partial charge in [-0.1, -0.05) is 6.07 Å². The largest absolute Gasteiger partial charge is 0.493 e. The fraction of sp³-hybridized carbons (Fsp3) is 0.381. The van der Waals surface area contributed by atoms with Crippen molar-refractivity contribution in [2.45, 2.75) is 18.9 Å². The molecule has 0 spiro atoms. The molecule has 1 atom stereocenters. The molecule has 0 aliphatic heterocycles. The topological polar surface area (TPSA) is 68.8 Å². The maximum Gasteiger partial charge on any atom is 0.203 e. The standard InChI is InChI=1S/C21H26N2O4/c1-22-15-8-6-12-10-18(25-3)20(26-4)21(27-5)19(12)13-7-9-16(23-2)17(24)11-14(13)15/h7,9-11,15,22H,6,8H2,1-5H3,(H,23,24). The van der Waals surface area contributed by atoms with Crippen molar-refractivity contribution in [3.63, 3.8) is 0 Å². The third-order valence-electron chi connectivity index (χ3n) is 5.16. The van der Waals surface area contributed by atoms with Crippen LogP contribution in [0, 0.1) is 0 Å². The van der Waals surface area contributed by atoms with E-state index in [1.54, 1.807) is 34.4 Å². The van der Waals surface area contributed by atoms with E-state index < -0.39 is 0 Å². The molecule has 2 N–H and O–H groups in total. The van der Waals surface area contributed by atoms with Gasteiger partial charge < -0.3 is 24.8 Å². The number of rotatable bonds is 5. The molecule has 0 bridgehead atoms. The fourth-order valence-electron chi connectivity index (χ4n) is 3.82. The number of benzene rings is 1. The lowest BCUT2D eigenvalue weighted by Gasteiger charge is -2.19. The summed E-state index contributed by atoms with van der Waals surface area (Å²) in [5, 5.41) is 6.32. The highest BCUT2D eigenvalue weighted by Gasteiger charge is 2.28. The molecule has 3 rings (SSSR count). The number of methoxy groups -OCH3 is 3. The van der Waals surface area contributed by atoms with Crippen molar-refractivity contribution in [1.82, 2.24) is 5.32 Å². The van der Waals surface area contributed by atoms with Crippen LogP contribution in [0.3, 0.4) is 0 Å². The van der Waals surface area contributed by atoms with Crippen molar-refractivity contribution in [3.8, 4) is 28.4 Å². The minimum atomic E-state index is -0.0399. The van der Waals surface area contributed by atoms with E-state index in [0.29, 0.717) is 22.9 Å². The summed E-state index contributed by atoms with van der Waals surface area (Å²) in [5.74, 6) is 1.81. The van der Waals surface area contributed by atoms with Crippen molar-refractivity contribution in [2.24, 2.45) is 0 Å². The van der Waals surface area contributed by atoms with Gasteiger partial charge in [0.2, 0.25) is 11.2 Å². The summed E-state index contributed by atoms with van der Waals surface area (Å²) in [4.78, 5) is 12.6. The number of fused-ring (bicyclic) bond motifs is 3. The summed E-state index contributed by atoms with van der Waals surface area (Å²) in [6, 6.07) is 7.57. The molecule has 6 heteroatoms. The highest BCUT2D eigenvalue weighted by Crippen LogP contribution is 2.50. The van der Waals surface area contributed by atoms with E-state index in [-0.39, 0.29) is 11.5 Å². The minimum Gasteiger partial charge on any atom is -0.493 e. The van der Waals surface area contributed by atoms with Gasteiger partial charge in [0.1, 0.15) is 0 Å². The first-order chi connectivity index (χ1) is 13.1. The average molecular weight is 370 g/mol. The number of anilines is 1. The average Bonchev–Trinajstić information content (AvgIpc) is 2.94. The van der Waals surface area contributed by atoms with E-state index in [0.717, 1.165) is 35.1 Å². The highest BCUT2D eigenvalue weighted by atomic mass is 16.5. The van der Waals surface area contributed by atoms with Gasteiger partial charge in [-0.2, -0.15) is 0 Å². The SMILES string of the molecule is CNc1ccc2c(cc1=O)C(NC)CCc1cc(OC)c(OC)c(OC)c1-2. The van der Waals surface area contributed by atoms with Crippen molar-refractivity contribution >= 4 is 5.69 Å². The third-order valence-corrected chi connectivity index (χ3v) is 5.16. The maximum atomic E-state index is 12.6. The van der Waals surface area contributed by atoms with Crippen LogP contribution in [-0.4, -0.2) is 35.4 Å². The molecule has 0 heterocycles. The van der Waals surface area contributed by atoms with Crippen LogP contribution < -0.4 is 30.3 Å². The summed E-state index contributed by atoms with van der Waals surface area (Å²) in [7, 11) is 8.51. The van der Waals surface area contributed by atoms with E-state index in [1.165, 1.54) is 0 Å². The van der Waals surface area contributed by atoms with E-state index in [1.807, 2.05) is 25.2 Å². The molecule has 27 heavy (non-hydrogen) atoms. The van der Waals surface area contributed by atoms with Crippen LogP contribution in [-0.2, 0) is 6.42 Å². The number of nitrogens with one attached hydrogen (secondary N) is 2.